The molecule has 25 heavy (non-hydrogen) atoms. The molecule has 3 aromatic carbocycles. The van der Waals surface area contributed by atoms with Crippen molar-refractivity contribution in [1.29, 1.82) is 0 Å². The van der Waals surface area contributed by atoms with Gasteiger partial charge in [-0.2, -0.15) is 0 Å². The average Bonchev–Trinajstić information content (AvgIpc) is 3.15. The first-order valence-electron chi connectivity index (χ1n) is 8.02. The van der Waals surface area contributed by atoms with E-state index in [2.05, 4.69) is 23.2 Å². The van der Waals surface area contributed by atoms with E-state index in [0.29, 0.717) is 12.5 Å². The first-order chi connectivity index (χ1) is 12.3. The van der Waals surface area contributed by atoms with E-state index in [1.54, 1.807) is 13.4 Å². The van der Waals surface area contributed by atoms with Crippen molar-refractivity contribution < 1.29 is 13.9 Å². The fourth-order valence-electron chi connectivity index (χ4n) is 2.65. The fraction of sp³-hybridized carbons (Fsp3) is 0.0952. The third kappa shape index (κ3) is 3.33. The molecule has 0 amide bonds. The van der Waals surface area contributed by atoms with Crippen molar-refractivity contribution in [3.05, 3.63) is 78.7 Å². The largest absolute Gasteiger partial charge is 0.497 e. The van der Waals surface area contributed by atoms with E-state index in [1.165, 1.54) is 5.39 Å². The number of ether oxygens (including phenoxy) is 2. The Balaban J connectivity index is 1.46. The molecule has 0 saturated heterocycles. The van der Waals surface area contributed by atoms with E-state index in [9.17, 15) is 0 Å². The lowest BCUT2D eigenvalue weighted by Crippen LogP contribution is -1.95. The SMILES string of the molecule is COc1ccc(-c2nc(COc3ccc4ccccc4c3)co2)cc1. The fourth-order valence-corrected chi connectivity index (χ4v) is 2.65. The average molecular weight is 331 g/mol. The molecule has 1 heterocycles. The molecule has 0 spiro atoms. The maximum absolute atomic E-state index is 5.84. The number of hydrogen-bond donors (Lipinski definition) is 0. The first-order valence-corrected chi connectivity index (χ1v) is 8.02. The maximum atomic E-state index is 5.84. The number of benzene rings is 3. The Labute approximate surface area is 145 Å². The highest BCUT2D eigenvalue weighted by Gasteiger charge is 2.08. The van der Waals surface area contributed by atoms with Crippen molar-refractivity contribution >= 4 is 10.8 Å². The summed E-state index contributed by atoms with van der Waals surface area (Å²) in [5.41, 5.74) is 1.65. The predicted octanol–water partition coefficient (Wildman–Crippen LogP) is 5.08. The Morgan fingerprint density at radius 3 is 2.44 bits per heavy atom. The summed E-state index contributed by atoms with van der Waals surface area (Å²) in [5.74, 6) is 2.18. The Morgan fingerprint density at radius 2 is 1.64 bits per heavy atom. The van der Waals surface area contributed by atoms with Crippen LogP contribution in [0.5, 0.6) is 11.5 Å². The summed E-state index contributed by atoms with van der Waals surface area (Å²) in [6.45, 7) is 0.359. The molecule has 4 rings (SSSR count). The molecule has 0 aliphatic carbocycles. The van der Waals surface area contributed by atoms with Crippen LogP contribution < -0.4 is 9.47 Å². The second kappa shape index (κ2) is 6.69. The molecule has 0 fully saturated rings. The van der Waals surface area contributed by atoms with Gasteiger partial charge >= 0.3 is 0 Å². The quantitative estimate of drug-likeness (QED) is 0.511. The smallest absolute Gasteiger partial charge is 0.226 e. The van der Waals surface area contributed by atoms with Crippen LogP contribution in [0.15, 0.2) is 77.4 Å². The number of oxazole rings is 1. The number of hydrogen-bond acceptors (Lipinski definition) is 4. The molecule has 0 N–H and O–H groups in total. The van der Waals surface area contributed by atoms with Crippen molar-refractivity contribution in [3.8, 4) is 23.0 Å². The highest BCUT2D eigenvalue weighted by molar-refractivity contribution is 5.83. The van der Waals surface area contributed by atoms with Gasteiger partial charge in [0.1, 0.15) is 30.1 Å². The zero-order valence-electron chi connectivity index (χ0n) is 13.8. The molecular weight excluding hydrogens is 314 g/mol. The van der Waals surface area contributed by atoms with E-state index in [0.717, 1.165) is 28.1 Å². The number of aromatic nitrogens is 1. The van der Waals surface area contributed by atoms with Gasteiger partial charge in [0.2, 0.25) is 5.89 Å². The highest BCUT2D eigenvalue weighted by atomic mass is 16.5. The van der Waals surface area contributed by atoms with Crippen LogP contribution in [0.25, 0.3) is 22.2 Å². The van der Waals surface area contributed by atoms with Crippen LogP contribution in [0.3, 0.4) is 0 Å². The number of fused-ring (bicyclic) bond motifs is 1. The molecule has 0 saturated carbocycles. The van der Waals surface area contributed by atoms with Crippen molar-refractivity contribution in [3.63, 3.8) is 0 Å². The van der Waals surface area contributed by atoms with E-state index in [1.807, 2.05) is 48.5 Å². The van der Waals surface area contributed by atoms with Crippen LogP contribution in [-0.4, -0.2) is 12.1 Å². The summed E-state index contributed by atoms with van der Waals surface area (Å²) in [6, 6.07) is 21.8. The minimum atomic E-state index is 0.359. The van der Waals surface area contributed by atoms with Crippen molar-refractivity contribution in [1.82, 2.24) is 4.98 Å². The van der Waals surface area contributed by atoms with Crippen molar-refractivity contribution in [2.24, 2.45) is 0 Å². The van der Waals surface area contributed by atoms with Gasteiger partial charge in [-0.3, -0.25) is 0 Å². The van der Waals surface area contributed by atoms with Crippen LogP contribution >= 0.6 is 0 Å². The van der Waals surface area contributed by atoms with Crippen LogP contribution in [0, 0.1) is 0 Å². The van der Waals surface area contributed by atoms with Gasteiger partial charge in [0.25, 0.3) is 0 Å². The van der Waals surface area contributed by atoms with Crippen molar-refractivity contribution in [2.45, 2.75) is 6.61 Å². The van der Waals surface area contributed by atoms with E-state index in [4.69, 9.17) is 13.9 Å². The molecule has 0 radical (unpaired) electrons. The van der Waals surface area contributed by atoms with Gasteiger partial charge in [-0.15, -0.1) is 0 Å². The molecule has 0 unspecified atom stereocenters. The van der Waals surface area contributed by atoms with E-state index >= 15 is 0 Å². The second-order valence-electron chi connectivity index (χ2n) is 5.67. The molecule has 4 nitrogen and oxygen atoms in total. The van der Waals surface area contributed by atoms with Gasteiger partial charge in [-0.1, -0.05) is 30.3 Å². The third-order valence-electron chi connectivity index (χ3n) is 4.00. The molecule has 4 heteroatoms. The molecule has 0 aliphatic heterocycles. The van der Waals surface area contributed by atoms with Crippen molar-refractivity contribution in [2.75, 3.05) is 7.11 Å². The highest BCUT2D eigenvalue weighted by Crippen LogP contribution is 2.24. The van der Waals surface area contributed by atoms with Crippen LogP contribution in [0.1, 0.15) is 5.69 Å². The Hall–Kier alpha value is -3.27. The molecule has 4 aromatic rings. The molecule has 124 valence electrons. The van der Waals surface area contributed by atoms with Gasteiger partial charge in [0.05, 0.1) is 7.11 Å². The molecular formula is C21H17NO3. The van der Waals surface area contributed by atoms with Crippen LogP contribution in [-0.2, 0) is 6.61 Å². The molecule has 0 bridgehead atoms. The standard InChI is InChI=1S/C21H17NO3/c1-23-19-9-7-16(8-10-19)21-22-18(14-25-21)13-24-20-11-6-15-4-2-3-5-17(15)12-20/h2-12,14H,13H2,1H3. The minimum Gasteiger partial charge on any atom is -0.497 e. The summed E-state index contributed by atoms with van der Waals surface area (Å²) in [5, 5.41) is 2.34. The molecule has 0 aliphatic rings. The lowest BCUT2D eigenvalue weighted by Gasteiger charge is -2.05. The first kappa shape index (κ1) is 15.3. The second-order valence-corrected chi connectivity index (χ2v) is 5.67. The van der Waals surface area contributed by atoms with Gasteiger partial charge in [0.15, 0.2) is 0 Å². The van der Waals surface area contributed by atoms with Gasteiger partial charge in [-0.25, -0.2) is 4.98 Å². The zero-order chi connectivity index (χ0) is 17.1. The Kier molecular flexibility index (Phi) is 4.09. The number of nitrogens with zero attached hydrogens (tertiary/aromatic N) is 1. The van der Waals surface area contributed by atoms with Gasteiger partial charge < -0.3 is 13.9 Å². The normalized spacial score (nSPS) is 10.8. The number of methoxy groups -OCH3 is 1. The topological polar surface area (TPSA) is 44.5 Å². The summed E-state index contributed by atoms with van der Waals surface area (Å²) in [6.07, 6.45) is 1.63. The zero-order valence-corrected chi connectivity index (χ0v) is 13.8. The van der Waals surface area contributed by atoms with Gasteiger partial charge in [-0.05, 0) is 47.2 Å². The summed E-state index contributed by atoms with van der Waals surface area (Å²) in [7, 11) is 1.64. The van der Waals surface area contributed by atoms with Gasteiger partial charge in [0, 0.05) is 5.56 Å². The lowest BCUT2D eigenvalue weighted by atomic mass is 10.1. The molecule has 1 aromatic heterocycles. The third-order valence-corrected chi connectivity index (χ3v) is 4.00. The minimum absolute atomic E-state index is 0.359. The van der Waals surface area contributed by atoms with E-state index < -0.39 is 0 Å². The number of rotatable bonds is 5. The Bertz CT molecular complexity index is 989. The monoisotopic (exact) mass is 331 g/mol. The van der Waals surface area contributed by atoms with Crippen LogP contribution in [0.4, 0.5) is 0 Å². The summed E-state index contributed by atoms with van der Waals surface area (Å²) in [4.78, 5) is 4.48. The summed E-state index contributed by atoms with van der Waals surface area (Å²) < 4.78 is 16.6. The predicted molar refractivity (Wildman–Crippen MR) is 96.8 cm³/mol. The summed E-state index contributed by atoms with van der Waals surface area (Å²) >= 11 is 0. The van der Waals surface area contributed by atoms with E-state index in [-0.39, 0.29) is 0 Å². The van der Waals surface area contributed by atoms with Crippen LogP contribution in [0.2, 0.25) is 0 Å². The molecule has 0 atom stereocenters. The maximum Gasteiger partial charge on any atom is 0.226 e. The lowest BCUT2D eigenvalue weighted by molar-refractivity contribution is 0.301. The Morgan fingerprint density at radius 1 is 0.880 bits per heavy atom.